The maximum Gasteiger partial charge on any atom is 0.316 e. The molecule has 3 N–H and O–H groups in total. The summed E-state index contributed by atoms with van der Waals surface area (Å²) in [6.45, 7) is 3.97. The maximum atomic E-state index is 12.7. The Morgan fingerprint density at radius 1 is 1.38 bits per heavy atom. The first-order valence-electron chi connectivity index (χ1n) is 8.01. The molecule has 1 heterocycles. The third kappa shape index (κ3) is 3.13. The normalized spacial score (nSPS) is 14.7. The fourth-order valence-electron chi connectivity index (χ4n) is 3.12. The Morgan fingerprint density at radius 2 is 2.12 bits per heavy atom. The van der Waals surface area contributed by atoms with Gasteiger partial charge in [-0.2, -0.15) is 0 Å². The zero-order valence-corrected chi connectivity index (χ0v) is 13.3. The van der Waals surface area contributed by atoms with Gasteiger partial charge < -0.3 is 20.2 Å². The van der Waals surface area contributed by atoms with Crippen molar-refractivity contribution in [3.8, 4) is 5.75 Å². The van der Waals surface area contributed by atoms with E-state index in [9.17, 15) is 9.59 Å². The number of ketones is 1. The largest absolute Gasteiger partial charge is 0.489 e. The van der Waals surface area contributed by atoms with E-state index in [2.05, 4.69) is 11.9 Å². The van der Waals surface area contributed by atoms with Crippen LogP contribution in [0.25, 0.3) is 11.0 Å². The number of carbonyl (C=O) groups excluding carboxylic acids is 2. The fourth-order valence-corrected chi connectivity index (χ4v) is 3.12. The molecule has 3 rings (SSSR count). The molecule has 0 bridgehead atoms. The van der Waals surface area contributed by atoms with Crippen LogP contribution < -0.4 is 15.8 Å². The second-order valence-electron chi connectivity index (χ2n) is 5.90. The summed E-state index contributed by atoms with van der Waals surface area (Å²) in [6.07, 6.45) is 5.41. The lowest BCUT2D eigenvalue weighted by Gasteiger charge is -2.07. The lowest BCUT2D eigenvalue weighted by Crippen LogP contribution is -2.21. The molecule has 0 unspecified atom stereocenters. The van der Waals surface area contributed by atoms with Gasteiger partial charge in [0.15, 0.2) is 5.76 Å². The number of primary amides is 1. The zero-order valence-electron chi connectivity index (χ0n) is 13.3. The number of nitrogens with two attached hydrogens (primary N) is 1. The van der Waals surface area contributed by atoms with Crippen molar-refractivity contribution in [2.75, 3.05) is 11.9 Å². The molecule has 2 aromatic rings. The zero-order chi connectivity index (χ0) is 17.1. The van der Waals surface area contributed by atoms with Gasteiger partial charge in [-0.15, -0.1) is 0 Å². The molecule has 0 atom stereocenters. The lowest BCUT2D eigenvalue weighted by atomic mass is 9.99. The van der Waals surface area contributed by atoms with Gasteiger partial charge in [0, 0.05) is 17.4 Å². The van der Waals surface area contributed by atoms with Crippen LogP contribution in [0, 0.1) is 5.92 Å². The highest BCUT2D eigenvalue weighted by Crippen LogP contribution is 2.37. The Morgan fingerprint density at radius 3 is 2.79 bits per heavy atom. The van der Waals surface area contributed by atoms with Gasteiger partial charge in [0.2, 0.25) is 5.78 Å². The van der Waals surface area contributed by atoms with Crippen LogP contribution in [0.5, 0.6) is 5.75 Å². The number of carbonyl (C=O) groups is 2. The second kappa shape index (κ2) is 6.78. The predicted molar refractivity (Wildman–Crippen MR) is 91.4 cm³/mol. The monoisotopic (exact) mass is 328 g/mol. The minimum atomic E-state index is -0.731. The van der Waals surface area contributed by atoms with E-state index in [0.29, 0.717) is 29.0 Å². The molecule has 0 spiro atoms. The molecule has 0 saturated heterocycles. The summed E-state index contributed by atoms with van der Waals surface area (Å²) in [5, 5.41) is 3.16. The number of urea groups is 1. The van der Waals surface area contributed by atoms with Gasteiger partial charge in [0.1, 0.15) is 23.6 Å². The molecule has 1 aromatic carbocycles. The van der Waals surface area contributed by atoms with E-state index in [1.165, 1.54) is 0 Å². The molecular weight excluding hydrogens is 308 g/mol. The highest BCUT2D eigenvalue weighted by Gasteiger charge is 2.30. The van der Waals surface area contributed by atoms with E-state index in [0.717, 1.165) is 25.7 Å². The number of nitrogens with one attached hydrogen (secondary N) is 1. The Kier molecular flexibility index (Phi) is 4.55. The van der Waals surface area contributed by atoms with Crippen molar-refractivity contribution >= 4 is 28.5 Å². The predicted octanol–water partition coefficient (Wildman–Crippen LogP) is 3.86. The SMILES string of the molecule is C=CCOc1ccc2c(NC(N)=O)c(C(=O)C3CCCC3)oc2c1. The van der Waals surface area contributed by atoms with Gasteiger partial charge >= 0.3 is 6.03 Å². The van der Waals surface area contributed by atoms with Crippen LogP contribution in [0.1, 0.15) is 36.2 Å². The van der Waals surface area contributed by atoms with E-state index >= 15 is 0 Å². The molecule has 1 fully saturated rings. The molecule has 24 heavy (non-hydrogen) atoms. The number of benzene rings is 1. The van der Waals surface area contributed by atoms with Crippen molar-refractivity contribution in [2.24, 2.45) is 11.7 Å². The first-order valence-corrected chi connectivity index (χ1v) is 8.01. The number of anilines is 1. The van der Waals surface area contributed by atoms with Crippen LogP contribution in [0.3, 0.4) is 0 Å². The number of rotatable bonds is 6. The smallest absolute Gasteiger partial charge is 0.316 e. The quantitative estimate of drug-likeness (QED) is 0.622. The number of hydrogen-bond donors (Lipinski definition) is 2. The lowest BCUT2D eigenvalue weighted by molar-refractivity contribution is 0.0898. The molecule has 0 radical (unpaired) electrons. The number of amides is 2. The van der Waals surface area contributed by atoms with Crippen LogP contribution in [-0.2, 0) is 0 Å². The average molecular weight is 328 g/mol. The minimum Gasteiger partial charge on any atom is -0.489 e. The van der Waals surface area contributed by atoms with Crippen molar-refractivity contribution in [2.45, 2.75) is 25.7 Å². The van der Waals surface area contributed by atoms with Gasteiger partial charge in [-0.25, -0.2) is 4.79 Å². The summed E-state index contributed by atoms with van der Waals surface area (Å²) in [5.74, 6) is 0.620. The summed E-state index contributed by atoms with van der Waals surface area (Å²) in [5.41, 5.74) is 6.07. The van der Waals surface area contributed by atoms with Crippen molar-refractivity contribution in [1.29, 1.82) is 0 Å². The molecular formula is C18H20N2O4. The fraction of sp³-hybridized carbons (Fsp3) is 0.333. The Balaban J connectivity index is 2.03. The summed E-state index contributed by atoms with van der Waals surface area (Å²) in [4.78, 5) is 24.1. The van der Waals surface area contributed by atoms with Gasteiger partial charge in [0.05, 0.1) is 0 Å². The first kappa shape index (κ1) is 16.1. The van der Waals surface area contributed by atoms with Gasteiger partial charge in [0.25, 0.3) is 0 Å². The molecule has 126 valence electrons. The summed E-state index contributed by atoms with van der Waals surface area (Å²) in [7, 11) is 0. The standard InChI is InChI=1S/C18H20N2O4/c1-2-9-23-12-7-8-13-14(10-12)24-17(15(13)20-18(19)22)16(21)11-5-3-4-6-11/h2,7-8,10-11H,1,3-6,9H2,(H3,19,20,22). The number of Topliss-reactive ketones (excluding diaryl/α,β-unsaturated/α-hetero) is 1. The minimum absolute atomic E-state index is 0.0597. The highest BCUT2D eigenvalue weighted by molar-refractivity contribution is 6.11. The molecule has 0 aliphatic heterocycles. The van der Waals surface area contributed by atoms with E-state index < -0.39 is 6.03 Å². The number of fused-ring (bicyclic) bond motifs is 1. The van der Waals surface area contributed by atoms with Crippen LogP contribution in [0.15, 0.2) is 35.3 Å². The Hall–Kier alpha value is -2.76. The first-order chi connectivity index (χ1) is 11.6. The Bertz CT molecular complexity index is 788. The molecule has 1 aliphatic rings. The van der Waals surface area contributed by atoms with Crippen molar-refractivity contribution < 1.29 is 18.7 Å². The molecule has 1 aliphatic carbocycles. The third-order valence-electron chi connectivity index (χ3n) is 4.23. The van der Waals surface area contributed by atoms with E-state index in [1.807, 2.05) is 0 Å². The van der Waals surface area contributed by atoms with E-state index in [-0.39, 0.29) is 17.5 Å². The second-order valence-corrected chi connectivity index (χ2v) is 5.90. The number of ether oxygens (including phenoxy) is 1. The van der Waals surface area contributed by atoms with Gasteiger partial charge in [-0.3, -0.25) is 4.79 Å². The van der Waals surface area contributed by atoms with Crippen molar-refractivity contribution in [3.05, 3.63) is 36.6 Å². The molecule has 2 amide bonds. The van der Waals surface area contributed by atoms with Crippen molar-refractivity contribution in [1.82, 2.24) is 0 Å². The number of furan rings is 1. The molecule has 6 heteroatoms. The van der Waals surface area contributed by atoms with Gasteiger partial charge in [-0.05, 0) is 25.0 Å². The van der Waals surface area contributed by atoms with Crippen LogP contribution in [0.4, 0.5) is 10.5 Å². The highest BCUT2D eigenvalue weighted by atomic mass is 16.5. The molecule has 6 nitrogen and oxygen atoms in total. The van der Waals surface area contributed by atoms with Crippen LogP contribution in [0.2, 0.25) is 0 Å². The van der Waals surface area contributed by atoms with E-state index in [1.54, 1.807) is 24.3 Å². The molecule has 1 aromatic heterocycles. The number of hydrogen-bond acceptors (Lipinski definition) is 4. The molecule has 1 saturated carbocycles. The topological polar surface area (TPSA) is 94.6 Å². The maximum absolute atomic E-state index is 12.7. The van der Waals surface area contributed by atoms with E-state index in [4.69, 9.17) is 14.9 Å². The van der Waals surface area contributed by atoms with Crippen molar-refractivity contribution in [3.63, 3.8) is 0 Å². The van der Waals surface area contributed by atoms with Crippen LogP contribution in [-0.4, -0.2) is 18.4 Å². The third-order valence-corrected chi connectivity index (χ3v) is 4.23. The Labute approximate surface area is 139 Å². The van der Waals surface area contributed by atoms with Gasteiger partial charge in [-0.1, -0.05) is 25.5 Å². The average Bonchev–Trinajstić information content (AvgIpc) is 3.20. The summed E-state index contributed by atoms with van der Waals surface area (Å²) < 4.78 is 11.2. The summed E-state index contributed by atoms with van der Waals surface area (Å²) >= 11 is 0. The summed E-state index contributed by atoms with van der Waals surface area (Å²) in [6, 6.07) is 4.45. The van der Waals surface area contributed by atoms with Crippen LogP contribution >= 0.6 is 0 Å².